The van der Waals surface area contributed by atoms with Crippen LogP contribution in [-0.2, 0) is 36.1 Å². The first-order chi connectivity index (χ1) is 20.6. The molecule has 0 aliphatic carbocycles. The molecule has 43 heavy (non-hydrogen) atoms. The Balaban J connectivity index is 1.27. The molecule has 2 saturated heterocycles. The van der Waals surface area contributed by atoms with E-state index < -0.39 is 18.2 Å². The van der Waals surface area contributed by atoms with Crippen LogP contribution in [0.5, 0.6) is 0 Å². The van der Waals surface area contributed by atoms with Crippen molar-refractivity contribution in [1.82, 2.24) is 39.7 Å². The second-order valence-corrected chi connectivity index (χ2v) is 12.4. The lowest BCUT2D eigenvalue weighted by molar-refractivity contribution is -0.157. The molecule has 0 radical (unpaired) electrons. The molecule has 3 N–H and O–H groups in total. The molecule has 4 amide bonds. The van der Waals surface area contributed by atoms with E-state index in [2.05, 4.69) is 15.3 Å². The largest absolute Gasteiger partial charge is 0.375 e. The highest BCUT2D eigenvalue weighted by Crippen LogP contribution is 2.32. The number of urea groups is 1. The maximum Gasteiger partial charge on any atom is 0.332 e. The summed E-state index contributed by atoms with van der Waals surface area (Å²) in [7, 11) is 3.46. The van der Waals surface area contributed by atoms with Crippen LogP contribution in [0.3, 0.4) is 0 Å². The number of nitrogen functional groups attached to an aromatic ring is 1. The van der Waals surface area contributed by atoms with E-state index >= 15 is 0 Å². The van der Waals surface area contributed by atoms with E-state index in [0.29, 0.717) is 15.2 Å². The van der Waals surface area contributed by atoms with E-state index in [1.54, 1.807) is 52.6 Å². The molecular weight excluding hydrogens is 613 g/mol. The summed E-state index contributed by atoms with van der Waals surface area (Å²) < 4.78 is 2.77. The summed E-state index contributed by atoms with van der Waals surface area (Å²) in [4.78, 5) is 52.8. The molecule has 2 aromatic carbocycles. The normalized spacial score (nSPS) is 18.9. The first-order valence-corrected chi connectivity index (χ1v) is 15.1. The predicted molar refractivity (Wildman–Crippen MR) is 164 cm³/mol. The van der Waals surface area contributed by atoms with E-state index in [-0.39, 0.29) is 44.4 Å². The van der Waals surface area contributed by atoms with Gasteiger partial charge in [-0.05, 0) is 29.3 Å². The molecule has 0 spiro atoms. The number of amides is 4. The lowest BCUT2D eigenvalue weighted by Crippen LogP contribution is -2.65. The van der Waals surface area contributed by atoms with E-state index in [1.165, 1.54) is 16.3 Å². The first kappa shape index (κ1) is 29.2. The monoisotopic (exact) mass is 641 g/mol. The molecule has 0 unspecified atom stereocenters. The van der Waals surface area contributed by atoms with Gasteiger partial charge in [0.1, 0.15) is 12.2 Å². The van der Waals surface area contributed by atoms with Crippen LogP contribution >= 0.6 is 34.5 Å². The predicted octanol–water partition coefficient (Wildman–Crippen LogP) is 3.10. The number of nitrogens with zero attached hydrogens (tertiary/aromatic N) is 7. The van der Waals surface area contributed by atoms with Crippen LogP contribution < -0.4 is 11.1 Å². The van der Waals surface area contributed by atoms with Crippen LogP contribution in [-0.4, -0.2) is 84.5 Å². The SMILES string of the molecule is CN(C(=O)NCc1ccc(Cl)c(Cl)c1)N1CC(=O)N2[C@@H](Cc3cncn3C)C(=O)N(Cc3cccc4sc(N)nc34)C[C@@H]21. The summed E-state index contributed by atoms with van der Waals surface area (Å²) in [5.74, 6) is -0.414. The van der Waals surface area contributed by atoms with Crippen molar-refractivity contribution in [3.8, 4) is 0 Å². The van der Waals surface area contributed by atoms with Crippen LogP contribution in [0.1, 0.15) is 16.8 Å². The number of hydrogen-bond acceptors (Lipinski definition) is 8. The minimum Gasteiger partial charge on any atom is -0.375 e. The average molecular weight is 643 g/mol. The Morgan fingerprint density at radius 3 is 2.77 bits per heavy atom. The quantitative estimate of drug-likeness (QED) is 0.317. The number of hydrazine groups is 1. The number of nitrogens with one attached hydrogen (secondary N) is 1. The highest BCUT2D eigenvalue weighted by atomic mass is 35.5. The lowest BCUT2D eigenvalue weighted by atomic mass is 10.0. The highest BCUT2D eigenvalue weighted by molar-refractivity contribution is 7.22. The van der Waals surface area contributed by atoms with Crippen molar-refractivity contribution in [3.05, 3.63) is 75.8 Å². The van der Waals surface area contributed by atoms with Crippen molar-refractivity contribution < 1.29 is 14.4 Å². The number of carbonyl (C=O) groups is 3. The first-order valence-electron chi connectivity index (χ1n) is 13.5. The highest BCUT2D eigenvalue weighted by Gasteiger charge is 2.51. The number of fused-ring (bicyclic) bond motifs is 2. The average Bonchev–Trinajstić information content (AvgIpc) is 3.67. The van der Waals surface area contributed by atoms with Gasteiger partial charge in [-0.25, -0.2) is 14.8 Å². The molecule has 4 heterocycles. The molecule has 2 aromatic heterocycles. The van der Waals surface area contributed by atoms with E-state index in [4.69, 9.17) is 28.9 Å². The summed E-state index contributed by atoms with van der Waals surface area (Å²) in [5, 5.41) is 7.24. The van der Waals surface area contributed by atoms with Gasteiger partial charge in [0.05, 0.1) is 39.7 Å². The molecular formula is C28H29Cl2N9O3S. The minimum absolute atomic E-state index is 0.0530. The third-order valence-corrected chi connectivity index (χ3v) is 9.46. The molecule has 0 saturated carbocycles. The van der Waals surface area contributed by atoms with Crippen LogP contribution in [0, 0.1) is 0 Å². The Labute approximate surface area is 261 Å². The van der Waals surface area contributed by atoms with Crippen molar-refractivity contribution >= 4 is 67.7 Å². The number of anilines is 1. The number of imidazole rings is 1. The summed E-state index contributed by atoms with van der Waals surface area (Å²) in [6.45, 7) is 0.640. The molecule has 4 aromatic rings. The lowest BCUT2D eigenvalue weighted by Gasteiger charge is -2.45. The number of hydrogen-bond donors (Lipinski definition) is 2. The van der Waals surface area contributed by atoms with Gasteiger partial charge in [0, 0.05) is 45.5 Å². The van der Waals surface area contributed by atoms with Crippen molar-refractivity contribution in [1.29, 1.82) is 0 Å². The third kappa shape index (κ3) is 5.60. The summed E-state index contributed by atoms with van der Waals surface area (Å²) >= 11 is 13.5. The zero-order valence-electron chi connectivity index (χ0n) is 23.4. The van der Waals surface area contributed by atoms with Gasteiger partial charge in [-0.3, -0.25) is 14.6 Å². The molecule has 12 nitrogen and oxygen atoms in total. The number of rotatable bonds is 7. The number of para-hydroxylation sites is 1. The van der Waals surface area contributed by atoms with Crippen molar-refractivity contribution in [2.24, 2.45) is 7.05 Å². The van der Waals surface area contributed by atoms with Gasteiger partial charge in [0.25, 0.3) is 0 Å². The van der Waals surface area contributed by atoms with Crippen LogP contribution in [0.2, 0.25) is 10.0 Å². The Kier molecular flexibility index (Phi) is 7.90. The molecule has 2 fully saturated rings. The Bertz CT molecular complexity index is 1730. The fourth-order valence-corrected chi connectivity index (χ4v) is 6.75. The Hall–Kier alpha value is -3.91. The van der Waals surface area contributed by atoms with Gasteiger partial charge in [-0.15, -0.1) is 0 Å². The third-order valence-electron chi connectivity index (χ3n) is 7.87. The van der Waals surface area contributed by atoms with Gasteiger partial charge in [-0.2, -0.15) is 5.01 Å². The summed E-state index contributed by atoms with van der Waals surface area (Å²) in [6, 6.07) is 9.74. The van der Waals surface area contributed by atoms with Crippen LogP contribution in [0.4, 0.5) is 9.93 Å². The number of benzene rings is 2. The number of aryl methyl sites for hydroxylation is 1. The minimum atomic E-state index is -0.779. The van der Waals surface area contributed by atoms with Gasteiger partial charge in [-0.1, -0.05) is 52.7 Å². The molecule has 2 atom stereocenters. The van der Waals surface area contributed by atoms with E-state index in [0.717, 1.165) is 27.0 Å². The molecule has 2 aliphatic heterocycles. The zero-order valence-corrected chi connectivity index (χ0v) is 25.7. The number of thiazole rings is 1. The van der Waals surface area contributed by atoms with Crippen LogP contribution in [0.15, 0.2) is 48.9 Å². The molecule has 224 valence electrons. The second kappa shape index (κ2) is 11.6. The smallest absolute Gasteiger partial charge is 0.332 e. The maximum absolute atomic E-state index is 14.0. The van der Waals surface area contributed by atoms with Crippen molar-refractivity contribution in [3.63, 3.8) is 0 Å². The number of nitrogens with two attached hydrogens (primary N) is 1. The fourth-order valence-electron chi connectivity index (χ4n) is 5.64. The Morgan fingerprint density at radius 2 is 2.02 bits per heavy atom. The number of aromatic nitrogens is 3. The number of carbonyl (C=O) groups excluding carboxylic acids is 3. The standard InChI is InChI=1S/C28H29Cl2N9O3S/c1-35-15-32-11-18(35)9-21-26(41)37(12-17-4-3-5-22-25(17)34-27(31)43-22)13-23-38(14-24(40)39(21)23)36(2)28(42)33-10-16-6-7-19(29)20(30)8-16/h3-8,11,15,21,23H,9-10,12-14H2,1-2H3,(H2,31,34)(H,33,42)/t21-,23+/m0/s1. The molecule has 2 aliphatic rings. The van der Waals surface area contributed by atoms with Gasteiger partial charge >= 0.3 is 6.03 Å². The van der Waals surface area contributed by atoms with Gasteiger partial charge in [0.15, 0.2) is 5.13 Å². The van der Waals surface area contributed by atoms with Crippen LogP contribution in [0.25, 0.3) is 10.2 Å². The number of piperazine rings is 1. The topological polar surface area (TPSA) is 133 Å². The van der Waals surface area contributed by atoms with Crippen molar-refractivity contribution in [2.75, 3.05) is 25.9 Å². The zero-order chi connectivity index (χ0) is 30.4. The van der Waals surface area contributed by atoms with Crippen molar-refractivity contribution in [2.45, 2.75) is 31.7 Å². The molecule has 0 bridgehead atoms. The maximum atomic E-state index is 14.0. The molecule has 15 heteroatoms. The molecule has 6 rings (SSSR count). The van der Waals surface area contributed by atoms with E-state index in [1.807, 2.05) is 29.8 Å². The van der Waals surface area contributed by atoms with Gasteiger partial charge in [0.2, 0.25) is 11.8 Å². The van der Waals surface area contributed by atoms with E-state index in [9.17, 15) is 14.4 Å². The van der Waals surface area contributed by atoms with Gasteiger partial charge < -0.3 is 25.4 Å². The number of halogens is 2. The summed E-state index contributed by atoms with van der Waals surface area (Å²) in [5.41, 5.74) is 9.18. The Morgan fingerprint density at radius 1 is 1.21 bits per heavy atom. The summed E-state index contributed by atoms with van der Waals surface area (Å²) in [6.07, 6.45) is 3.07. The fraction of sp³-hybridized carbons (Fsp3) is 0.321. The second-order valence-electron chi connectivity index (χ2n) is 10.6.